The summed E-state index contributed by atoms with van der Waals surface area (Å²) in [5.41, 5.74) is 1.46. The maximum Gasteiger partial charge on any atom is 0.183 e. The van der Waals surface area contributed by atoms with Crippen LogP contribution in [0.3, 0.4) is 0 Å². The van der Waals surface area contributed by atoms with Gasteiger partial charge in [-0.1, -0.05) is 11.6 Å². The van der Waals surface area contributed by atoms with Crippen molar-refractivity contribution in [3.8, 4) is 11.5 Å². The van der Waals surface area contributed by atoms with E-state index in [2.05, 4.69) is 15.1 Å². The molecule has 2 aromatic rings. The molecule has 4 aliphatic rings. The van der Waals surface area contributed by atoms with Crippen molar-refractivity contribution in [3.05, 3.63) is 23.6 Å². The molecule has 2 fully saturated rings. The lowest BCUT2D eigenvalue weighted by atomic mass is 9.48. The summed E-state index contributed by atoms with van der Waals surface area (Å²) in [4.78, 5) is 21.9. The smallest absolute Gasteiger partial charge is 0.183 e. The highest BCUT2D eigenvalue weighted by molar-refractivity contribution is 7.98. The first-order valence-corrected chi connectivity index (χ1v) is 9.87. The van der Waals surface area contributed by atoms with Crippen LogP contribution in [0.1, 0.15) is 55.8 Å². The highest BCUT2D eigenvalue weighted by Gasteiger charge is 2.61. The van der Waals surface area contributed by atoms with Gasteiger partial charge in [-0.3, -0.25) is 4.79 Å². The summed E-state index contributed by atoms with van der Waals surface area (Å²) < 4.78 is 5.82. The Balaban J connectivity index is 1.67. The topological polar surface area (TPSA) is 68.9 Å². The van der Waals surface area contributed by atoms with E-state index >= 15 is 0 Å². The highest BCUT2D eigenvalue weighted by Crippen LogP contribution is 2.63. The molecule has 2 saturated carbocycles. The Morgan fingerprint density at radius 2 is 2.21 bits per heavy atom. The number of carbonyl (C=O) groups is 1. The second-order valence-electron chi connectivity index (χ2n) is 7.16. The molecule has 2 heterocycles. The zero-order valence-electron chi connectivity index (χ0n) is 13.6. The summed E-state index contributed by atoms with van der Waals surface area (Å²) in [6.07, 6.45) is 9.61. The fourth-order valence-electron chi connectivity index (χ4n) is 4.89. The third-order valence-corrected chi connectivity index (χ3v) is 6.80. The molecule has 5 nitrogen and oxygen atoms in total. The van der Waals surface area contributed by atoms with E-state index in [1.807, 2.05) is 12.3 Å². The third kappa shape index (κ3) is 1.78. The first-order chi connectivity index (χ1) is 11.7. The fraction of sp³-hybridized carbons (Fsp3) is 0.556. The average Bonchev–Trinajstić information content (AvgIpc) is 3.02. The standard InChI is InChI=1S/C18H19N3O2S/c1-24-13-5-7-19-17(20-13)15-14-10-8-11(9-10)18(16(14)23-21-15)6-3-2-4-12(18)22/h5,7,10-11H,2-4,6,8-9H2,1H3. The summed E-state index contributed by atoms with van der Waals surface area (Å²) in [7, 11) is 0. The normalized spacial score (nSPS) is 31.0. The molecule has 0 saturated heterocycles. The van der Waals surface area contributed by atoms with Crippen LogP contribution in [0.4, 0.5) is 0 Å². The van der Waals surface area contributed by atoms with Crippen molar-refractivity contribution in [1.29, 1.82) is 0 Å². The van der Waals surface area contributed by atoms with Crippen LogP contribution in [0.15, 0.2) is 21.8 Å². The van der Waals surface area contributed by atoms with Gasteiger partial charge < -0.3 is 4.52 Å². The van der Waals surface area contributed by atoms with E-state index in [0.29, 0.717) is 29.9 Å². The van der Waals surface area contributed by atoms with Gasteiger partial charge in [0.15, 0.2) is 17.3 Å². The molecule has 1 atom stereocenters. The number of hydrogen-bond donors (Lipinski definition) is 0. The van der Waals surface area contributed by atoms with Crippen molar-refractivity contribution >= 4 is 17.5 Å². The Kier molecular flexibility index (Phi) is 3.14. The lowest BCUT2D eigenvalue weighted by molar-refractivity contribution is -0.133. The minimum absolute atomic E-state index is 0.361. The van der Waals surface area contributed by atoms with Crippen LogP contribution < -0.4 is 0 Å². The minimum atomic E-state index is -0.412. The van der Waals surface area contributed by atoms with E-state index in [4.69, 9.17) is 4.52 Å². The van der Waals surface area contributed by atoms with Gasteiger partial charge in [-0.25, -0.2) is 9.97 Å². The van der Waals surface area contributed by atoms with Gasteiger partial charge in [-0.15, -0.1) is 11.8 Å². The lowest BCUT2D eigenvalue weighted by Gasteiger charge is -2.53. The summed E-state index contributed by atoms with van der Waals surface area (Å²) in [5, 5.41) is 5.26. The van der Waals surface area contributed by atoms with E-state index in [-0.39, 0.29) is 0 Å². The Labute approximate surface area is 144 Å². The molecule has 6 rings (SSSR count). The molecular formula is C18H19N3O2S. The number of thioether (sulfide) groups is 1. The maximum atomic E-state index is 12.9. The van der Waals surface area contributed by atoms with Crippen molar-refractivity contribution in [1.82, 2.24) is 15.1 Å². The molecule has 1 unspecified atom stereocenters. The summed E-state index contributed by atoms with van der Waals surface area (Å²) in [5.74, 6) is 2.72. The molecule has 0 aliphatic heterocycles. The lowest BCUT2D eigenvalue weighted by Crippen LogP contribution is -2.53. The second kappa shape index (κ2) is 5.15. The van der Waals surface area contributed by atoms with Gasteiger partial charge in [-0.2, -0.15) is 0 Å². The molecule has 0 radical (unpaired) electrons. The van der Waals surface area contributed by atoms with Gasteiger partial charge in [0.25, 0.3) is 0 Å². The molecule has 2 bridgehead atoms. The van der Waals surface area contributed by atoms with Gasteiger partial charge in [0.2, 0.25) is 0 Å². The fourth-order valence-corrected chi connectivity index (χ4v) is 5.27. The number of Topliss-reactive ketones (excluding diaryl/α,β-unsaturated/α-hetero) is 1. The first-order valence-electron chi connectivity index (χ1n) is 8.65. The Bertz CT molecular complexity index is 827. The van der Waals surface area contributed by atoms with Crippen LogP contribution in [-0.2, 0) is 10.2 Å². The number of nitrogens with zero attached hydrogens (tertiary/aromatic N) is 3. The highest BCUT2D eigenvalue weighted by atomic mass is 32.2. The van der Waals surface area contributed by atoms with Crippen molar-refractivity contribution < 1.29 is 9.32 Å². The van der Waals surface area contributed by atoms with Gasteiger partial charge in [0, 0.05) is 18.2 Å². The molecule has 1 spiro atoms. The zero-order valence-corrected chi connectivity index (χ0v) is 14.4. The van der Waals surface area contributed by atoms with Gasteiger partial charge in [0.05, 0.1) is 10.4 Å². The summed E-state index contributed by atoms with van der Waals surface area (Å²) >= 11 is 1.59. The van der Waals surface area contributed by atoms with E-state index in [1.54, 1.807) is 18.0 Å². The monoisotopic (exact) mass is 341 g/mol. The van der Waals surface area contributed by atoms with E-state index in [9.17, 15) is 4.79 Å². The molecule has 0 aromatic carbocycles. The number of hydrogen-bond acceptors (Lipinski definition) is 6. The Morgan fingerprint density at radius 1 is 1.33 bits per heavy atom. The van der Waals surface area contributed by atoms with E-state index in [1.165, 1.54) is 0 Å². The van der Waals surface area contributed by atoms with Crippen LogP contribution in [0.25, 0.3) is 11.5 Å². The van der Waals surface area contributed by atoms with Gasteiger partial charge in [0.1, 0.15) is 5.78 Å². The molecular weight excluding hydrogens is 322 g/mol. The number of carbonyl (C=O) groups excluding carboxylic acids is 1. The zero-order chi connectivity index (χ0) is 16.3. The maximum absolute atomic E-state index is 12.9. The second-order valence-corrected chi connectivity index (χ2v) is 7.99. The van der Waals surface area contributed by atoms with Crippen molar-refractivity contribution in [3.63, 3.8) is 0 Å². The van der Waals surface area contributed by atoms with E-state index < -0.39 is 5.41 Å². The quantitative estimate of drug-likeness (QED) is 0.612. The van der Waals surface area contributed by atoms with Gasteiger partial charge in [-0.05, 0) is 49.8 Å². The van der Waals surface area contributed by atoms with Crippen LogP contribution in [0, 0.1) is 5.92 Å². The Hall–Kier alpha value is -1.69. The predicted octanol–water partition coefficient (Wildman–Crippen LogP) is 3.74. The largest absolute Gasteiger partial charge is 0.359 e. The molecule has 4 aliphatic carbocycles. The minimum Gasteiger partial charge on any atom is -0.359 e. The molecule has 24 heavy (non-hydrogen) atoms. The molecule has 2 aromatic heterocycles. The van der Waals surface area contributed by atoms with Gasteiger partial charge >= 0.3 is 0 Å². The molecule has 6 heteroatoms. The van der Waals surface area contributed by atoms with Crippen molar-refractivity contribution in [2.24, 2.45) is 5.92 Å². The van der Waals surface area contributed by atoms with Crippen molar-refractivity contribution in [2.45, 2.75) is 54.9 Å². The summed E-state index contributed by atoms with van der Waals surface area (Å²) in [6, 6.07) is 1.90. The first kappa shape index (κ1) is 14.6. The van der Waals surface area contributed by atoms with Crippen LogP contribution in [0.2, 0.25) is 0 Å². The van der Waals surface area contributed by atoms with Crippen LogP contribution in [-0.4, -0.2) is 27.2 Å². The number of ketones is 1. The SMILES string of the molecule is CSc1ccnc(-c2noc3c2C2CC(C2)C32CCCCC2=O)n1. The third-order valence-electron chi connectivity index (χ3n) is 6.15. The number of rotatable bonds is 2. The van der Waals surface area contributed by atoms with Crippen LogP contribution >= 0.6 is 11.8 Å². The molecule has 0 N–H and O–H groups in total. The molecule has 124 valence electrons. The summed E-state index contributed by atoms with van der Waals surface area (Å²) in [6.45, 7) is 0. The average molecular weight is 341 g/mol. The number of aromatic nitrogens is 3. The molecule has 0 amide bonds. The predicted molar refractivity (Wildman–Crippen MR) is 89.9 cm³/mol. The van der Waals surface area contributed by atoms with Crippen molar-refractivity contribution in [2.75, 3.05) is 6.26 Å². The Morgan fingerprint density at radius 3 is 3.00 bits per heavy atom. The van der Waals surface area contributed by atoms with Crippen LogP contribution in [0.5, 0.6) is 0 Å². The van der Waals surface area contributed by atoms with E-state index in [0.717, 1.165) is 54.1 Å².